The monoisotopic (exact) mass is 242 g/mol. The van der Waals surface area contributed by atoms with Crippen LogP contribution in [0.15, 0.2) is 30.5 Å². The lowest BCUT2D eigenvalue weighted by Gasteiger charge is -2.02. The highest BCUT2D eigenvalue weighted by Gasteiger charge is 2.04. The third-order valence-corrected chi connectivity index (χ3v) is 2.74. The Morgan fingerprint density at radius 2 is 2.00 bits per heavy atom. The molecule has 0 bridgehead atoms. The van der Waals surface area contributed by atoms with Gasteiger partial charge in [0.05, 0.1) is 5.52 Å². The van der Waals surface area contributed by atoms with E-state index < -0.39 is 0 Å². The fraction of sp³-hybridized carbons (Fsp3) is 0.154. The lowest BCUT2D eigenvalue weighted by atomic mass is 10.2. The van der Waals surface area contributed by atoms with Crippen LogP contribution in [0.4, 0.5) is 4.39 Å². The van der Waals surface area contributed by atoms with Gasteiger partial charge in [-0.2, -0.15) is 0 Å². The molecule has 0 aliphatic heterocycles. The maximum absolute atomic E-state index is 13.1. The van der Waals surface area contributed by atoms with Crippen molar-refractivity contribution in [1.82, 2.24) is 15.0 Å². The number of hydrogen-bond donors (Lipinski definition) is 1. The number of aromatic nitrogens is 3. The Kier molecular flexibility index (Phi) is 2.60. The molecule has 0 amide bonds. The smallest absolute Gasteiger partial charge is 0.163 e. The van der Waals surface area contributed by atoms with Gasteiger partial charge in [0.2, 0.25) is 0 Å². The second-order valence-electron chi connectivity index (χ2n) is 4.06. The predicted octanol–water partition coefficient (Wildman–Crippen LogP) is 1.82. The zero-order chi connectivity index (χ0) is 12.5. The quantitative estimate of drug-likeness (QED) is 0.696. The van der Waals surface area contributed by atoms with Gasteiger partial charge in [-0.05, 0) is 30.8 Å². The molecule has 0 aliphatic carbocycles. The van der Waals surface area contributed by atoms with Gasteiger partial charge in [0.15, 0.2) is 5.65 Å². The van der Waals surface area contributed by atoms with Crippen molar-refractivity contribution in [2.45, 2.75) is 6.42 Å². The molecule has 4 nitrogen and oxygen atoms in total. The molecular weight excluding hydrogens is 231 g/mol. The van der Waals surface area contributed by atoms with Gasteiger partial charge in [0.1, 0.15) is 11.6 Å². The largest absolute Gasteiger partial charge is 0.330 e. The van der Waals surface area contributed by atoms with E-state index in [4.69, 9.17) is 5.73 Å². The van der Waals surface area contributed by atoms with E-state index >= 15 is 0 Å². The summed E-state index contributed by atoms with van der Waals surface area (Å²) in [5, 5.41) is 1.55. The van der Waals surface area contributed by atoms with Gasteiger partial charge in [-0.3, -0.25) is 0 Å². The minimum atomic E-state index is -0.274. The minimum Gasteiger partial charge on any atom is -0.330 e. The van der Waals surface area contributed by atoms with Gasteiger partial charge in [-0.15, -0.1) is 0 Å². The van der Waals surface area contributed by atoms with E-state index in [9.17, 15) is 4.39 Å². The van der Waals surface area contributed by atoms with Gasteiger partial charge < -0.3 is 5.73 Å². The number of pyridine rings is 1. The molecule has 90 valence electrons. The number of fused-ring (bicyclic) bond motifs is 2. The molecule has 0 aliphatic rings. The SMILES string of the molecule is NCCc1ncc2cc3cc(F)ccc3nc2n1. The minimum absolute atomic E-state index is 0.274. The first-order chi connectivity index (χ1) is 8.76. The third-order valence-electron chi connectivity index (χ3n) is 2.74. The number of nitrogens with two attached hydrogens (primary N) is 1. The molecule has 0 unspecified atom stereocenters. The molecule has 5 heteroatoms. The van der Waals surface area contributed by atoms with E-state index in [2.05, 4.69) is 15.0 Å². The molecule has 3 rings (SSSR count). The number of halogens is 1. The summed E-state index contributed by atoms with van der Waals surface area (Å²) < 4.78 is 13.1. The number of hydrogen-bond acceptors (Lipinski definition) is 4. The van der Waals surface area contributed by atoms with Crippen LogP contribution in [0.3, 0.4) is 0 Å². The maximum Gasteiger partial charge on any atom is 0.163 e. The number of benzene rings is 1. The molecule has 0 saturated heterocycles. The molecule has 0 spiro atoms. The van der Waals surface area contributed by atoms with Crippen LogP contribution in [0.5, 0.6) is 0 Å². The second kappa shape index (κ2) is 4.27. The zero-order valence-corrected chi connectivity index (χ0v) is 9.60. The summed E-state index contributed by atoms with van der Waals surface area (Å²) in [4.78, 5) is 12.9. The summed E-state index contributed by atoms with van der Waals surface area (Å²) in [6.45, 7) is 0.504. The number of rotatable bonds is 2. The summed E-state index contributed by atoms with van der Waals surface area (Å²) in [5.41, 5.74) is 6.81. The Balaban J connectivity index is 2.24. The lowest BCUT2D eigenvalue weighted by molar-refractivity contribution is 0.629. The first kappa shape index (κ1) is 11.0. The Morgan fingerprint density at radius 3 is 2.83 bits per heavy atom. The van der Waals surface area contributed by atoms with Crippen LogP contribution in [0, 0.1) is 5.82 Å². The predicted molar refractivity (Wildman–Crippen MR) is 67.6 cm³/mol. The van der Waals surface area contributed by atoms with Gasteiger partial charge in [-0.25, -0.2) is 19.3 Å². The van der Waals surface area contributed by atoms with Crippen LogP contribution in [0.1, 0.15) is 5.82 Å². The third kappa shape index (κ3) is 1.89. The van der Waals surface area contributed by atoms with Crippen molar-refractivity contribution in [1.29, 1.82) is 0 Å². The average Bonchev–Trinajstić information content (AvgIpc) is 2.37. The van der Waals surface area contributed by atoms with Gasteiger partial charge in [0.25, 0.3) is 0 Å². The van der Waals surface area contributed by atoms with Gasteiger partial charge in [0, 0.05) is 23.4 Å². The fourth-order valence-corrected chi connectivity index (χ4v) is 1.88. The van der Waals surface area contributed by atoms with Gasteiger partial charge in [-0.1, -0.05) is 0 Å². The van der Waals surface area contributed by atoms with Crippen LogP contribution in [-0.4, -0.2) is 21.5 Å². The topological polar surface area (TPSA) is 64.7 Å². The number of nitrogens with zero attached hydrogens (tertiary/aromatic N) is 3. The Morgan fingerprint density at radius 1 is 1.11 bits per heavy atom. The molecule has 2 heterocycles. The Bertz CT molecular complexity index is 727. The second-order valence-corrected chi connectivity index (χ2v) is 4.06. The standard InChI is InChI=1S/C13H11FN4/c14-10-1-2-11-8(6-10)5-9-7-16-12(3-4-15)18-13(9)17-11/h1-2,5-7H,3-4,15H2. The fourth-order valence-electron chi connectivity index (χ4n) is 1.88. The molecule has 1 aromatic carbocycles. The van der Waals surface area contributed by atoms with Crippen molar-refractivity contribution in [3.8, 4) is 0 Å². The molecule has 0 fully saturated rings. The first-order valence-electron chi connectivity index (χ1n) is 5.68. The maximum atomic E-state index is 13.1. The zero-order valence-electron chi connectivity index (χ0n) is 9.60. The normalized spacial score (nSPS) is 11.2. The van der Waals surface area contributed by atoms with Crippen molar-refractivity contribution in [2.75, 3.05) is 6.54 Å². The van der Waals surface area contributed by atoms with E-state index in [1.54, 1.807) is 12.3 Å². The Hall–Kier alpha value is -2.14. The molecular formula is C13H11FN4. The highest BCUT2D eigenvalue weighted by Crippen LogP contribution is 2.18. The van der Waals surface area contributed by atoms with Crippen molar-refractivity contribution >= 4 is 21.9 Å². The lowest BCUT2D eigenvalue weighted by Crippen LogP contribution is -2.06. The van der Waals surface area contributed by atoms with E-state index in [0.717, 1.165) is 16.3 Å². The van der Waals surface area contributed by atoms with Crippen LogP contribution in [0.2, 0.25) is 0 Å². The molecule has 0 saturated carbocycles. The van der Waals surface area contributed by atoms with Crippen LogP contribution in [-0.2, 0) is 6.42 Å². The van der Waals surface area contributed by atoms with Crippen LogP contribution in [0.25, 0.3) is 21.9 Å². The summed E-state index contributed by atoms with van der Waals surface area (Å²) in [5.74, 6) is 0.406. The Labute approximate surface area is 103 Å². The van der Waals surface area contributed by atoms with E-state index in [1.165, 1.54) is 12.1 Å². The average molecular weight is 242 g/mol. The molecule has 0 atom stereocenters. The van der Waals surface area contributed by atoms with Gasteiger partial charge >= 0.3 is 0 Å². The molecule has 18 heavy (non-hydrogen) atoms. The van der Waals surface area contributed by atoms with Crippen molar-refractivity contribution in [2.24, 2.45) is 5.73 Å². The molecule has 2 N–H and O–H groups in total. The summed E-state index contributed by atoms with van der Waals surface area (Å²) in [6, 6.07) is 6.33. The highest BCUT2D eigenvalue weighted by molar-refractivity contribution is 5.90. The summed E-state index contributed by atoms with van der Waals surface area (Å²) in [6.07, 6.45) is 2.32. The van der Waals surface area contributed by atoms with Crippen molar-refractivity contribution < 1.29 is 4.39 Å². The molecule has 2 aromatic heterocycles. The van der Waals surface area contributed by atoms with Crippen molar-refractivity contribution in [3.05, 3.63) is 42.1 Å². The first-order valence-corrected chi connectivity index (χ1v) is 5.68. The summed E-state index contributed by atoms with van der Waals surface area (Å²) in [7, 11) is 0. The van der Waals surface area contributed by atoms with E-state index in [0.29, 0.717) is 24.4 Å². The molecule has 3 aromatic rings. The van der Waals surface area contributed by atoms with E-state index in [1.807, 2.05) is 6.07 Å². The van der Waals surface area contributed by atoms with Crippen molar-refractivity contribution in [3.63, 3.8) is 0 Å². The molecule has 0 radical (unpaired) electrons. The highest BCUT2D eigenvalue weighted by atomic mass is 19.1. The van der Waals surface area contributed by atoms with Crippen LogP contribution >= 0.6 is 0 Å². The van der Waals surface area contributed by atoms with Crippen LogP contribution < -0.4 is 5.73 Å². The van der Waals surface area contributed by atoms with E-state index in [-0.39, 0.29) is 5.82 Å². The summed E-state index contributed by atoms with van der Waals surface area (Å²) >= 11 is 0.